The molecule has 0 amide bonds. The Morgan fingerprint density at radius 3 is 2.90 bits per heavy atom. The van der Waals surface area contributed by atoms with E-state index in [1.165, 1.54) is 38.4 Å². The van der Waals surface area contributed by atoms with E-state index in [1.54, 1.807) is 0 Å². The zero-order valence-corrected chi connectivity index (χ0v) is 12.8. The highest BCUT2D eigenvalue weighted by molar-refractivity contribution is 5.87. The van der Waals surface area contributed by atoms with Gasteiger partial charge in [-0.3, -0.25) is 0 Å². The minimum Gasteiger partial charge on any atom is -0.368 e. The molecule has 0 bridgehead atoms. The number of rotatable bonds is 5. The van der Waals surface area contributed by atoms with Crippen molar-refractivity contribution >= 4 is 16.9 Å². The largest absolute Gasteiger partial charge is 0.368 e. The second-order valence-corrected chi connectivity index (χ2v) is 5.87. The van der Waals surface area contributed by atoms with Crippen LogP contribution in [0.5, 0.6) is 0 Å². The molecule has 1 N–H and O–H groups in total. The molecule has 3 rings (SSSR count). The van der Waals surface area contributed by atoms with Crippen LogP contribution in [0.2, 0.25) is 0 Å². The lowest BCUT2D eigenvalue weighted by Gasteiger charge is -2.31. The van der Waals surface area contributed by atoms with Crippen molar-refractivity contribution in [3.63, 3.8) is 0 Å². The molecule has 1 aliphatic rings. The molecule has 0 atom stereocenters. The van der Waals surface area contributed by atoms with E-state index in [4.69, 9.17) is 4.52 Å². The summed E-state index contributed by atoms with van der Waals surface area (Å²) in [5, 5.41) is 8.22. The third-order valence-corrected chi connectivity index (χ3v) is 4.40. The molecule has 2 aromatic rings. The second-order valence-electron chi connectivity index (χ2n) is 5.87. The van der Waals surface area contributed by atoms with Crippen molar-refractivity contribution in [2.24, 2.45) is 0 Å². The fraction of sp³-hybridized carbons (Fsp3) is 0.667. The highest BCUT2D eigenvalue weighted by atomic mass is 16.5. The monoisotopic (exact) mass is 289 g/mol. The van der Waals surface area contributed by atoms with Gasteiger partial charge in [-0.05, 0) is 26.8 Å². The van der Waals surface area contributed by atoms with Crippen LogP contribution < -0.4 is 5.32 Å². The van der Waals surface area contributed by atoms with E-state index in [0.29, 0.717) is 5.71 Å². The summed E-state index contributed by atoms with van der Waals surface area (Å²) in [4.78, 5) is 10.9. The van der Waals surface area contributed by atoms with Crippen molar-refractivity contribution in [2.45, 2.75) is 45.1 Å². The van der Waals surface area contributed by atoms with E-state index in [2.05, 4.69) is 32.4 Å². The summed E-state index contributed by atoms with van der Waals surface area (Å²) in [6, 6.07) is 0.739. The van der Waals surface area contributed by atoms with Gasteiger partial charge in [-0.2, -0.15) is 4.98 Å². The third-order valence-electron chi connectivity index (χ3n) is 4.40. The van der Waals surface area contributed by atoms with E-state index >= 15 is 0 Å². The van der Waals surface area contributed by atoms with Crippen molar-refractivity contribution in [3.8, 4) is 0 Å². The molecule has 0 spiro atoms. The number of nitrogens with zero attached hydrogens (tertiary/aromatic N) is 4. The zero-order valence-electron chi connectivity index (χ0n) is 12.8. The molecule has 0 radical (unpaired) electrons. The van der Waals surface area contributed by atoms with Gasteiger partial charge in [-0.15, -0.1) is 0 Å². The van der Waals surface area contributed by atoms with Gasteiger partial charge in [0.15, 0.2) is 0 Å². The molecule has 1 fully saturated rings. The summed E-state index contributed by atoms with van der Waals surface area (Å²) < 4.78 is 5.16. The first kappa shape index (κ1) is 14.3. The first-order valence-corrected chi connectivity index (χ1v) is 7.77. The highest BCUT2D eigenvalue weighted by Gasteiger charge is 2.17. The number of hydrogen-bond donors (Lipinski definition) is 1. The summed E-state index contributed by atoms with van der Waals surface area (Å²) in [5.74, 6) is 0.816. The van der Waals surface area contributed by atoms with Gasteiger partial charge in [0.05, 0.1) is 5.69 Å². The molecule has 6 nitrogen and oxygen atoms in total. The molecule has 2 heterocycles. The predicted molar refractivity (Wildman–Crippen MR) is 82.3 cm³/mol. The molecule has 6 heteroatoms. The van der Waals surface area contributed by atoms with Crippen LogP contribution >= 0.6 is 0 Å². The molecule has 0 aliphatic heterocycles. The summed E-state index contributed by atoms with van der Waals surface area (Å²) in [7, 11) is 2.22. The Kier molecular flexibility index (Phi) is 4.34. The number of anilines is 1. The van der Waals surface area contributed by atoms with Gasteiger partial charge in [0, 0.05) is 19.1 Å². The van der Waals surface area contributed by atoms with Gasteiger partial charge in [-0.25, -0.2) is 4.98 Å². The molecule has 0 saturated heterocycles. The topological polar surface area (TPSA) is 67.1 Å². The summed E-state index contributed by atoms with van der Waals surface area (Å²) in [6.45, 7) is 3.79. The van der Waals surface area contributed by atoms with Crippen LogP contribution in [-0.2, 0) is 0 Å². The quantitative estimate of drug-likeness (QED) is 0.912. The van der Waals surface area contributed by atoms with E-state index in [-0.39, 0.29) is 0 Å². The Morgan fingerprint density at radius 1 is 1.29 bits per heavy atom. The van der Waals surface area contributed by atoms with E-state index < -0.39 is 0 Å². The molecule has 0 unspecified atom stereocenters. The highest BCUT2D eigenvalue weighted by Crippen LogP contribution is 2.23. The minimum absolute atomic E-state index is 0.547. The van der Waals surface area contributed by atoms with Crippen molar-refractivity contribution in [1.82, 2.24) is 20.0 Å². The van der Waals surface area contributed by atoms with Gasteiger partial charge in [0.25, 0.3) is 5.71 Å². The average molecular weight is 289 g/mol. The SMILES string of the molecule is Cc1noc2ncnc(NCCN(C)C3CCCCC3)c12. The molecule has 21 heavy (non-hydrogen) atoms. The van der Waals surface area contributed by atoms with Gasteiger partial charge >= 0.3 is 0 Å². The number of aryl methyl sites for hydroxylation is 1. The number of fused-ring (bicyclic) bond motifs is 1. The smallest absolute Gasteiger partial charge is 0.263 e. The maximum Gasteiger partial charge on any atom is 0.263 e. The summed E-state index contributed by atoms with van der Waals surface area (Å²) >= 11 is 0. The number of hydrogen-bond acceptors (Lipinski definition) is 6. The van der Waals surface area contributed by atoms with Crippen LogP contribution in [0.25, 0.3) is 11.1 Å². The lowest BCUT2D eigenvalue weighted by Crippen LogP contribution is -2.36. The number of aromatic nitrogens is 3. The second kappa shape index (κ2) is 6.39. The summed E-state index contributed by atoms with van der Waals surface area (Å²) in [5.41, 5.74) is 1.37. The van der Waals surface area contributed by atoms with Crippen LogP contribution in [0.1, 0.15) is 37.8 Å². The van der Waals surface area contributed by atoms with Crippen LogP contribution in [0.15, 0.2) is 10.9 Å². The number of nitrogens with one attached hydrogen (secondary N) is 1. The Balaban J connectivity index is 1.58. The fourth-order valence-corrected chi connectivity index (χ4v) is 3.11. The van der Waals surface area contributed by atoms with Crippen LogP contribution in [-0.4, -0.2) is 46.2 Å². The van der Waals surface area contributed by atoms with Crippen molar-refractivity contribution < 1.29 is 4.52 Å². The van der Waals surface area contributed by atoms with Gasteiger partial charge < -0.3 is 14.7 Å². The van der Waals surface area contributed by atoms with Gasteiger partial charge in [0.2, 0.25) is 0 Å². The maximum atomic E-state index is 5.16. The first-order chi connectivity index (χ1) is 10.3. The van der Waals surface area contributed by atoms with Gasteiger partial charge in [0.1, 0.15) is 17.5 Å². The molecule has 0 aromatic carbocycles. The first-order valence-electron chi connectivity index (χ1n) is 7.77. The standard InChI is InChI=1S/C15H23N5O/c1-11-13-14(17-10-18-15(13)21-19-11)16-8-9-20(2)12-6-4-3-5-7-12/h10,12H,3-9H2,1-2H3,(H,16,17,18). The molecule has 2 aromatic heterocycles. The lowest BCUT2D eigenvalue weighted by molar-refractivity contribution is 0.198. The summed E-state index contributed by atoms with van der Waals surface area (Å²) in [6.07, 6.45) is 8.32. The molecular formula is C15H23N5O. The maximum absolute atomic E-state index is 5.16. The van der Waals surface area contributed by atoms with E-state index in [0.717, 1.165) is 36.0 Å². The molecular weight excluding hydrogens is 266 g/mol. The molecule has 114 valence electrons. The fourth-order valence-electron chi connectivity index (χ4n) is 3.11. The van der Waals surface area contributed by atoms with Crippen LogP contribution in [0, 0.1) is 6.92 Å². The normalized spacial score (nSPS) is 16.7. The Bertz CT molecular complexity index is 591. The van der Waals surface area contributed by atoms with Crippen LogP contribution in [0.3, 0.4) is 0 Å². The van der Waals surface area contributed by atoms with E-state index in [1.807, 2.05) is 6.92 Å². The van der Waals surface area contributed by atoms with Crippen molar-refractivity contribution in [2.75, 3.05) is 25.5 Å². The minimum atomic E-state index is 0.547. The lowest BCUT2D eigenvalue weighted by atomic mass is 9.94. The molecule has 1 saturated carbocycles. The third kappa shape index (κ3) is 3.15. The number of likely N-dealkylation sites (N-methyl/N-ethyl adjacent to an activating group) is 1. The Morgan fingerprint density at radius 2 is 2.10 bits per heavy atom. The van der Waals surface area contributed by atoms with Crippen LogP contribution in [0.4, 0.5) is 5.82 Å². The van der Waals surface area contributed by atoms with Crippen molar-refractivity contribution in [3.05, 3.63) is 12.0 Å². The Labute approximate surface area is 124 Å². The predicted octanol–water partition coefficient (Wildman–Crippen LogP) is 2.60. The van der Waals surface area contributed by atoms with Crippen molar-refractivity contribution in [1.29, 1.82) is 0 Å². The average Bonchev–Trinajstić information content (AvgIpc) is 2.90. The van der Waals surface area contributed by atoms with Gasteiger partial charge in [-0.1, -0.05) is 24.4 Å². The zero-order chi connectivity index (χ0) is 14.7. The Hall–Kier alpha value is -1.69. The van der Waals surface area contributed by atoms with E-state index in [9.17, 15) is 0 Å². The molecule has 1 aliphatic carbocycles.